The second kappa shape index (κ2) is 11.9. The molecule has 0 aromatic heterocycles. The number of halogens is 2. The molecular formula is C28H40F2N4O2. The molecule has 1 aromatic carbocycles. The summed E-state index contributed by atoms with van der Waals surface area (Å²) in [5, 5.41) is 14.9. The van der Waals surface area contributed by atoms with Crippen LogP contribution in [0.1, 0.15) is 40.0 Å². The minimum atomic E-state index is -2.50. The van der Waals surface area contributed by atoms with Crippen LogP contribution in [0.15, 0.2) is 66.0 Å². The minimum absolute atomic E-state index is 0.324. The smallest absolute Gasteiger partial charge is 0.242 e. The molecule has 3 rings (SSSR count). The van der Waals surface area contributed by atoms with Crippen molar-refractivity contribution in [3.8, 4) is 5.75 Å². The number of nitrogens with one attached hydrogen (secondary N) is 1. The summed E-state index contributed by atoms with van der Waals surface area (Å²) < 4.78 is 31.6. The number of benzene rings is 1. The molecular weight excluding hydrogens is 462 g/mol. The van der Waals surface area contributed by atoms with Crippen molar-refractivity contribution in [1.82, 2.24) is 4.90 Å². The molecule has 0 saturated carbocycles. The Morgan fingerprint density at radius 3 is 2.58 bits per heavy atom. The lowest BCUT2D eigenvalue weighted by atomic mass is 9.80. The highest BCUT2D eigenvalue weighted by atomic mass is 19.3. The number of rotatable bonds is 9. The van der Waals surface area contributed by atoms with Crippen LogP contribution in [0.3, 0.4) is 0 Å². The predicted octanol–water partition coefficient (Wildman–Crippen LogP) is 5.25. The van der Waals surface area contributed by atoms with Crippen LogP contribution in [0.5, 0.6) is 5.75 Å². The van der Waals surface area contributed by atoms with Gasteiger partial charge in [-0.2, -0.15) is 0 Å². The number of fused-ring (bicyclic) bond motifs is 1. The molecule has 1 fully saturated rings. The van der Waals surface area contributed by atoms with Crippen molar-refractivity contribution in [3.63, 3.8) is 0 Å². The summed E-state index contributed by atoms with van der Waals surface area (Å²) >= 11 is 0. The number of anilines is 2. The van der Waals surface area contributed by atoms with Crippen LogP contribution >= 0.6 is 0 Å². The van der Waals surface area contributed by atoms with Crippen LogP contribution in [0, 0.1) is 5.92 Å². The maximum Gasteiger partial charge on any atom is 0.242 e. The summed E-state index contributed by atoms with van der Waals surface area (Å²) in [6.45, 7) is 11.7. The predicted molar refractivity (Wildman–Crippen MR) is 143 cm³/mol. The number of allylic oxidation sites excluding steroid dienone is 4. The minimum Gasteiger partial charge on any atom is -0.497 e. The number of hydrogen-bond donors (Lipinski definition) is 3. The SMILES string of the molecule is C=C/C=C1\N(CC)c2ccc(OC)cc2NC12CCN(C(O)C(C)/C=C(CC(F)F)\C(N)=C/C)CC2. The first-order valence-corrected chi connectivity index (χ1v) is 12.6. The van der Waals surface area contributed by atoms with Gasteiger partial charge in [-0.1, -0.05) is 31.7 Å². The second-order valence-corrected chi connectivity index (χ2v) is 9.46. The number of methoxy groups -OCH3 is 1. The van der Waals surface area contributed by atoms with Crippen molar-refractivity contribution in [2.45, 2.75) is 58.2 Å². The molecule has 0 bridgehead atoms. The van der Waals surface area contributed by atoms with Gasteiger partial charge in [0.05, 0.1) is 24.0 Å². The standard InChI is InChI=1S/C28H40F2N4O2/c1-6-9-25-28(32-23-18-21(36-5)10-11-24(23)34(25)8-3)12-14-33(15-13-28)27(35)19(4)16-20(17-26(29)30)22(31)7-2/h6-7,9-11,16,18-19,26-27,32,35H,1,8,12-15,17,31H2,2-5H3/b20-16-,22-7+,25-9-. The lowest BCUT2D eigenvalue weighted by Crippen LogP contribution is -2.58. The lowest BCUT2D eigenvalue weighted by Gasteiger charge is -2.52. The maximum absolute atomic E-state index is 13.1. The lowest BCUT2D eigenvalue weighted by molar-refractivity contribution is -0.0385. The molecule has 0 radical (unpaired) electrons. The normalized spacial score (nSPS) is 21.3. The van der Waals surface area contributed by atoms with Crippen LogP contribution in [0.4, 0.5) is 20.2 Å². The Kier molecular flexibility index (Phi) is 9.19. The fourth-order valence-corrected chi connectivity index (χ4v) is 5.31. The van der Waals surface area contributed by atoms with E-state index in [9.17, 15) is 13.9 Å². The van der Waals surface area contributed by atoms with Crippen molar-refractivity contribution in [1.29, 1.82) is 0 Å². The van der Waals surface area contributed by atoms with E-state index in [1.807, 2.05) is 30.0 Å². The van der Waals surface area contributed by atoms with E-state index in [2.05, 4.69) is 35.9 Å². The van der Waals surface area contributed by atoms with E-state index in [1.165, 1.54) is 0 Å². The zero-order valence-corrected chi connectivity index (χ0v) is 21.8. The molecule has 2 aliphatic heterocycles. The molecule has 2 heterocycles. The van der Waals surface area contributed by atoms with Gasteiger partial charge in [-0.05, 0) is 50.5 Å². The van der Waals surface area contributed by atoms with Gasteiger partial charge in [0.25, 0.3) is 0 Å². The zero-order valence-electron chi connectivity index (χ0n) is 21.8. The van der Waals surface area contributed by atoms with Gasteiger partial charge in [0.1, 0.15) is 12.0 Å². The largest absolute Gasteiger partial charge is 0.497 e. The quantitative estimate of drug-likeness (QED) is 0.401. The number of likely N-dealkylation sites (tertiary alicyclic amines) is 1. The van der Waals surface area contributed by atoms with Crippen molar-refractivity contribution in [2.75, 3.05) is 37.0 Å². The number of aliphatic hydroxyl groups is 1. The summed E-state index contributed by atoms with van der Waals surface area (Å²) in [6.07, 6.45) is 4.98. The molecule has 1 aromatic rings. The van der Waals surface area contributed by atoms with Crippen LogP contribution < -0.4 is 20.7 Å². The van der Waals surface area contributed by atoms with Gasteiger partial charge in [0.2, 0.25) is 6.43 Å². The third-order valence-electron chi connectivity index (χ3n) is 7.26. The fourth-order valence-electron chi connectivity index (χ4n) is 5.31. The molecule has 2 aliphatic rings. The van der Waals surface area contributed by atoms with Crippen LogP contribution in [-0.2, 0) is 0 Å². The van der Waals surface area contributed by atoms with E-state index in [4.69, 9.17) is 10.5 Å². The average molecular weight is 503 g/mol. The summed E-state index contributed by atoms with van der Waals surface area (Å²) in [7, 11) is 1.66. The molecule has 2 unspecified atom stereocenters. The average Bonchev–Trinajstić information content (AvgIpc) is 2.87. The highest BCUT2D eigenvalue weighted by molar-refractivity contribution is 5.79. The Morgan fingerprint density at radius 1 is 1.33 bits per heavy atom. The third-order valence-corrected chi connectivity index (χ3v) is 7.26. The molecule has 6 nitrogen and oxygen atoms in total. The van der Waals surface area contributed by atoms with Crippen LogP contribution in [-0.4, -0.2) is 54.9 Å². The van der Waals surface area contributed by atoms with Gasteiger partial charge in [-0.15, -0.1) is 0 Å². The molecule has 4 N–H and O–H groups in total. The molecule has 2 atom stereocenters. The number of nitrogens with zero attached hydrogens (tertiary/aromatic N) is 2. The summed E-state index contributed by atoms with van der Waals surface area (Å²) in [6, 6.07) is 6.05. The molecule has 36 heavy (non-hydrogen) atoms. The topological polar surface area (TPSA) is 74.0 Å². The summed E-state index contributed by atoms with van der Waals surface area (Å²) in [4.78, 5) is 4.32. The second-order valence-electron chi connectivity index (χ2n) is 9.46. The van der Waals surface area contributed by atoms with E-state index in [0.717, 1.165) is 42.2 Å². The van der Waals surface area contributed by atoms with Crippen LogP contribution in [0.2, 0.25) is 0 Å². The van der Waals surface area contributed by atoms with Gasteiger partial charge in [0, 0.05) is 49.4 Å². The number of aliphatic hydroxyl groups excluding tert-OH is 1. The van der Waals surface area contributed by atoms with Crippen molar-refractivity contribution < 1.29 is 18.6 Å². The van der Waals surface area contributed by atoms with E-state index < -0.39 is 19.1 Å². The first-order valence-electron chi connectivity index (χ1n) is 12.6. The number of alkyl halides is 2. The Bertz CT molecular complexity index is 1010. The van der Waals surface area contributed by atoms with Crippen LogP contribution in [0.25, 0.3) is 0 Å². The van der Waals surface area contributed by atoms with Gasteiger partial charge < -0.3 is 25.8 Å². The number of ether oxygens (including phenoxy) is 1. The van der Waals surface area contributed by atoms with Gasteiger partial charge >= 0.3 is 0 Å². The Labute approximate surface area is 213 Å². The molecule has 8 heteroatoms. The zero-order chi connectivity index (χ0) is 26.5. The number of likely N-dealkylation sites (N-methyl/N-ethyl adjacent to an activating group) is 1. The van der Waals surface area contributed by atoms with E-state index in [1.54, 1.807) is 26.2 Å². The Balaban J connectivity index is 1.83. The highest BCUT2D eigenvalue weighted by Crippen LogP contribution is 2.46. The van der Waals surface area contributed by atoms with Gasteiger partial charge in [0.15, 0.2) is 0 Å². The van der Waals surface area contributed by atoms with Gasteiger partial charge in [-0.3, -0.25) is 4.90 Å². The highest BCUT2D eigenvalue weighted by Gasteiger charge is 2.45. The molecule has 198 valence electrons. The molecule has 1 saturated heterocycles. The first kappa shape index (κ1) is 27.7. The maximum atomic E-state index is 13.1. The van der Waals surface area contributed by atoms with E-state index in [-0.39, 0.29) is 11.5 Å². The molecule has 0 aliphatic carbocycles. The van der Waals surface area contributed by atoms with Crippen molar-refractivity contribution in [2.24, 2.45) is 11.7 Å². The summed E-state index contributed by atoms with van der Waals surface area (Å²) in [5.74, 6) is 0.433. The fraction of sp³-hybridized carbons (Fsp3) is 0.500. The van der Waals surface area contributed by atoms with E-state index in [0.29, 0.717) is 24.4 Å². The Morgan fingerprint density at radius 2 is 2.03 bits per heavy atom. The van der Waals surface area contributed by atoms with Gasteiger partial charge in [-0.25, -0.2) is 8.78 Å². The monoisotopic (exact) mass is 502 g/mol. The Hall–Kier alpha value is -2.84. The number of nitrogens with two attached hydrogens (primary N) is 1. The van der Waals surface area contributed by atoms with E-state index >= 15 is 0 Å². The third kappa shape index (κ3) is 5.76. The van der Waals surface area contributed by atoms with Crippen molar-refractivity contribution >= 4 is 11.4 Å². The first-order chi connectivity index (χ1) is 17.2. The number of hydrogen-bond acceptors (Lipinski definition) is 6. The number of piperidine rings is 1. The molecule has 0 amide bonds. The molecule has 1 spiro atoms. The van der Waals surface area contributed by atoms with Crippen molar-refractivity contribution in [3.05, 3.63) is 66.0 Å². The summed E-state index contributed by atoms with van der Waals surface area (Å²) in [5.41, 5.74) is 9.58.